The van der Waals surface area contributed by atoms with Gasteiger partial charge in [0.05, 0.1) is 20.9 Å². The van der Waals surface area contributed by atoms with Gasteiger partial charge in [-0.3, -0.25) is 4.79 Å². The van der Waals surface area contributed by atoms with Gasteiger partial charge in [0, 0.05) is 36.6 Å². The third-order valence-electron chi connectivity index (χ3n) is 8.96. The summed E-state index contributed by atoms with van der Waals surface area (Å²) >= 11 is 2.87. The molecular formula is C44H35N4O2S2+. The van der Waals surface area contributed by atoms with Crippen molar-refractivity contribution in [3.05, 3.63) is 207 Å². The normalized spacial score (nSPS) is 15.4. The number of Topliss-reactive ketones (excluding diaryl/α,β-unsaturated/α-hetero) is 1. The van der Waals surface area contributed by atoms with Gasteiger partial charge in [-0.15, -0.1) is 0 Å². The first-order valence-corrected chi connectivity index (χ1v) is 18.8. The van der Waals surface area contributed by atoms with E-state index in [9.17, 15) is 9.90 Å². The molecule has 0 saturated carbocycles. The second kappa shape index (κ2) is 15.2. The van der Waals surface area contributed by atoms with Crippen molar-refractivity contribution in [2.24, 2.45) is 4.99 Å². The molecule has 0 atom stereocenters. The summed E-state index contributed by atoms with van der Waals surface area (Å²) in [6.45, 7) is 2.59. The van der Waals surface area contributed by atoms with Crippen molar-refractivity contribution in [1.29, 1.82) is 0 Å². The Labute approximate surface area is 311 Å². The molecule has 0 bridgehead atoms. The van der Waals surface area contributed by atoms with E-state index in [4.69, 9.17) is 9.98 Å². The van der Waals surface area contributed by atoms with E-state index in [0.717, 1.165) is 38.1 Å². The number of rotatable bonds is 11. The Kier molecular flexibility index (Phi) is 9.73. The molecule has 6 nitrogen and oxygen atoms in total. The number of thioether (sulfide) groups is 1. The minimum absolute atomic E-state index is 0.0112. The Bertz CT molecular complexity index is 2250. The second-order valence-corrected chi connectivity index (χ2v) is 14.6. The molecule has 0 fully saturated rings. The van der Waals surface area contributed by atoms with Gasteiger partial charge in [0.25, 0.3) is 0 Å². The lowest BCUT2D eigenvalue weighted by molar-refractivity contribution is -0.558. The Morgan fingerprint density at radius 3 is 1.60 bits per heavy atom. The quantitative estimate of drug-likeness (QED) is 0.107. The number of aromatic nitrogens is 1. The zero-order valence-corrected chi connectivity index (χ0v) is 29.9. The number of ketones is 1. The third kappa shape index (κ3) is 7.17. The monoisotopic (exact) mass is 715 g/mol. The largest absolute Gasteiger partial charge is 0.506 e. The lowest BCUT2D eigenvalue weighted by Crippen LogP contribution is -2.23. The number of carbonyl (C=O) groups excluding carboxylic acids is 1. The zero-order chi connectivity index (χ0) is 35.3. The fourth-order valence-electron chi connectivity index (χ4n) is 6.37. The van der Waals surface area contributed by atoms with Crippen molar-refractivity contribution >= 4 is 50.5 Å². The third-order valence-corrected chi connectivity index (χ3v) is 11.2. The van der Waals surface area contributed by atoms with Gasteiger partial charge in [-0.1, -0.05) is 163 Å². The van der Waals surface area contributed by atoms with Crippen LogP contribution < -0.4 is 4.90 Å². The van der Waals surface area contributed by atoms with Gasteiger partial charge in [-0.25, -0.2) is 9.56 Å². The van der Waals surface area contributed by atoms with E-state index in [-0.39, 0.29) is 11.5 Å². The molecule has 0 unspecified atom stereocenters. The molecule has 254 valence electrons. The number of carbonyl (C=O) groups is 1. The van der Waals surface area contributed by atoms with Gasteiger partial charge >= 0.3 is 5.17 Å². The van der Waals surface area contributed by atoms with E-state index >= 15 is 0 Å². The van der Waals surface area contributed by atoms with Gasteiger partial charge in [0.15, 0.2) is 10.8 Å². The molecule has 1 aliphatic carbocycles. The van der Waals surface area contributed by atoms with Gasteiger partial charge in [-0.05, 0) is 27.2 Å². The highest BCUT2D eigenvalue weighted by Crippen LogP contribution is 2.46. The number of allylic oxidation sites excluding steroid dienone is 3. The fourth-order valence-corrected chi connectivity index (χ4v) is 8.46. The smallest absolute Gasteiger partial charge is 0.360 e. The van der Waals surface area contributed by atoms with E-state index in [1.54, 1.807) is 6.20 Å². The van der Waals surface area contributed by atoms with Crippen LogP contribution in [0.2, 0.25) is 0 Å². The summed E-state index contributed by atoms with van der Waals surface area (Å²) in [5, 5.41) is 13.3. The molecule has 2 heterocycles. The average molecular weight is 716 g/mol. The minimum atomic E-state index is -0.199. The van der Waals surface area contributed by atoms with Crippen molar-refractivity contribution in [2.75, 3.05) is 4.90 Å². The van der Waals surface area contributed by atoms with Crippen molar-refractivity contribution in [1.82, 2.24) is 4.98 Å². The summed E-state index contributed by atoms with van der Waals surface area (Å²) < 4.78 is 2.24. The number of aliphatic hydroxyl groups is 1. The standard InChI is InChI=1S/C44H34N4O2S2/c49-40-37(36-26-45-43(51-36)47(27-31-16-6-1-7-17-31)28-32-18-8-2-9-19-32)41(50)38(40)42-39(35-24-14-5-15-25-35)46-44(52-42)48(29-33-20-10-3-11-21-33)30-34-22-12-4-13-23-34/h1-26H,27-30H2/p+1. The van der Waals surface area contributed by atoms with Crippen LogP contribution >= 0.6 is 23.1 Å². The number of amidine groups is 1. The van der Waals surface area contributed by atoms with Crippen LogP contribution in [0, 0.1) is 0 Å². The lowest BCUT2D eigenvalue weighted by atomic mass is 9.85. The maximum absolute atomic E-state index is 14.2. The van der Waals surface area contributed by atoms with Crippen LogP contribution in [0.3, 0.4) is 0 Å². The summed E-state index contributed by atoms with van der Waals surface area (Å²) in [5.41, 5.74) is 6.81. The number of benzene rings is 5. The molecule has 0 radical (unpaired) electrons. The summed E-state index contributed by atoms with van der Waals surface area (Å²) in [5.74, 6) is -0.210. The molecule has 0 amide bonds. The number of hydrogen-bond donors (Lipinski definition) is 1. The van der Waals surface area contributed by atoms with Crippen molar-refractivity contribution in [2.45, 2.75) is 26.2 Å². The Hall–Kier alpha value is -5.83. The number of thiazole rings is 1. The molecule has 1 aromatic heterocycles. The predicted molar refractivity (Wildman–Crippen MR) is 213 cm³/mol. The van der Waals surface area contributed by atoms with E-state index < -0.39 is 0 Å². The number of aliphatic hydroxyl groups excluding tert-OH is 1. The molecule has 5 aromatic carbocycles. The van der Waals surface area contributed by atoms with Gasteiger partial charge in [-0.2, -0.15) is 0 Å². The predicted octanol–water partition coefficient (Wildman–Crippen LogP) is 9.46. The topological polar surface area (TPSA) is 68.8 Å². The molecular weight excluding hydrogens is 681 g/mol. The lowest BCUT2D eigenvalue weighted by Gasteiger charge is -2.23. The van der Waals surface area contributed by atoms with Crippen LogP contribution in [0.1, 0.15) is 32.7 Å². The maximum atomic E-state index is 14.2. The molecule has 52 heavy (non-hydrogen) atoms. The number of aliphatic imine (C=N–C) groups is 1. The van der Waals surface area contributed by atoms with Crippen molar-refractivity contribution in [3.63, 3.8) is 0 Å². The van der Waals surface area contributed by atoms with Crippen LogP contribution in [-0.2, 0) is 31.0 Å². The van der Waals surface area contributed by atoms with E-state index in [0.29, 0.717) is 52.8 Å². The molecule has 0 spiro atoms. The highest BCUT2D eigenvalue weighted by atomic mass is 32.2. The van der Waals surface area contributed by atoms with Crippen LogP contribution in [0.4, 0.5) is 5.13 Å². The molecule has 8 heteroatoms. The fraction of sp³-hybridized carbons (Fsp3) is 0.0909. The van der Waals surface area contributed by atoms with Crippen LogP contribution in [-0.4, -0.2) is 31.3 Å². The minimum Gasteiger partial charge on any atom is -0.506 e. The first-order chi connectivity index (χ1) is 25.6. The van der Waals surface area contributed by atoms with Crippen molar-refractivity contribution < 1.29 is 14.5 Å². The second-order valence-electron chi connectivity index (χ2n) is 12.6. The van der Waals surface area contributed by atoms with Crippen LogP contribution in [0.5, 0.6) is 0 Å². The summed E-state index contributed by atoms with van der Waals surface area (Å²) in [6, 6.07) is 51.1. The van der Waals surface area contributed by atoms with E-state index in [1.807, 2.05) is 103 Å². The van der Waals surface area contributed by atoms with Gasteiger partial charge < -0.3 is 10.0 Å². The number of nitrogens with zero attached hydrogens (tertiary/aromatic N) is 4. The Balaban J connectivity index is 1.16. The first kappa shape index (κ1) is 33.3. The number of hydrogen-bond acceptors (Lipinski definition) is 6. The first-order valence-electron chi connectivity index (χ1n) is 17.1. The van der Waals surface area contributed by atoms with Crippen LogP contribution in [0.15, 0.2) is 179 Å². The highest BCUT2D eigenvalue weighted by Gasteiger charge is 2.44. The molecule has 0 saturated heterocycles. The summed E-state index contributed by atoms with van der Waals surface area (Å²) in [4.78, 5) is 27.6. The number of anilines is 1. The maximum Gasteiger partial charge on any atom is 0.360 e. The van der Waals surface area contributed by atoms with Crippen LogP contribution in [0.25, 0.3) is 5.57 Å². The highest BCUT2D eigenvalue weighted by molar-refractivity contribution is 8.18. The molecule has 1 aliphatic heterocycles. The SMILES string of the molecule is O=C1C(=C2SC(=[N+](Cc3ccccc3)Cc3ccccc3)N=C2c2ccccc2)C(O)=C1c1cnc(N(Cc2ccccc2)Cc2ccccc2)s1. The molecule has 2 aliphatic rings. The molecule has 6 aromatic rings. The van der Waals surface area contributed by atoms with Crippen molar-refractivity contribution in [3.8, 4) is 0 Å². The summed E-state index contributed by atoms with van der Waals surface area (Å²) in [6.07, 6.45) is 1.71. The average Bonchev–Trinajstić information content (AvgIpc) is 3.85. The molecule has 8 rings (SSSR count). The Morgan fingerprint density at radius 1 is 0.615 bits per heavy atom. The molecule has 1 N–H and O–H groups in total. The Morgan fingerprint density at radius 2 is 1.10 bits per heavy atom. The van der Waals surface area contributed by atoms with E-state index in [1.165, 1.54) is 23.1 Å². The van der Waals surface area contributed by atoms with Gasteiger partial charge in [0.2, 0.25) is 5.78 Å². The summed E-state index contributed by atoms with van der Waals surface area (Å²) in [7, 11) is 0. The van der Waals surface area contributed by atoms with E-state index in [2.05, 4.69) is 58.0 Å². The van der Waals surface area contributed by atoms with Gasteiger partial charge in [0.1, 0.15) is 18.8 Å². The zero-order valence-electron chi connectivity index (χ0n) is 28.3.